The Morgan fingerprint density at radius 2 is 1.50 bits per heavy atom. The smallest absolute Gasteiger partial charge is 0.276 e. The van der Waals surface area contributed by atoms with Crippen LogP contribution < -0.4 is 0 Å². The van der Waals surface area contributed by atoms with E-state index in [4.69, 9.17) is 11.6 Å². The van der Waals surface area contributed by atoms with Crippen molar-refractivity contribution >= 4 is 32.6 Å². The molecule has 0 saturated heterocycles. The van der Waals surface area contributed by atoms with E-state index in [0.717, 1.165) is 16.7 Å². The molecule has 0 bridgehead atoms. The Kier molecular flexibility index (Phi) is 7.08. The van der Waals surface area contributed by atoms with Crippen molar-refractivity contribution < 1.29 is 18.1 Å². The molecule has 0 atom stereocenters. The van der Waals surface area contributed by atoms with Crippen molar-refractivity contribution in [3.63, 3.8) is 0 Å². The van der Waals surface area contributed by atoms with Crippen molar-refractivity contribution in [1.82, 2.24) is 4.31 Å². The third-order valence-electron chi connectivity index (χ3n) is 4.86. The molecule has 32 heavy (non-hydrogen) atoms. The van der Waals surface area contributed by atoms with Gasteiger partial charge in [-0.3, -0.25) is 14.9 Å². The number of hydrogen-bond acceptors (Lipinski definition) is 5. The van der Waals surface area contributed by atoms with E-state index in [1.54, 1.807) is 12.1 Å². The average Bonchev–Trinajstić information content (AvgIpc) is 2.73. The molecule has 0 amide bonds. The molecule has 0 spiro atoms. The number of halogens is 1. The Labute approximate surface area is 191 Å². The van der Waals surface area contributed by atoms with Gasteiger partial charge in [-0.05, 0) is 54.8 Å². The predicted molar refractivity (Wildman–Crippen MR) is 122 cm³/mol. The zero-order valence-electron chi connectivity index (χ0n) is 17.5. The van der Waals surface area contributed by atoms with Gasteiger partial charge in [0.2, 0.25) is 0 Å². The van der Waals surface area contributed by atoms with Crippen molar-refractivity contribution in [2.75, 3.05) is 0 Å². The molecule has 0 aliphatic heterocycles. The molecule has 0 aliphatic rings. The largest absolute Gasteiger partial charge is 0.289 e. The molecule has 0 N–H and O–H groups in total. The molecule has 0 radical (unpaired) electrons. The molecule has 7 nitrogen and oxygen atoms in total. The number of nitrogens with zero attached hydrogens (tertiary/aromatic N) is 2. The Bertz CT molecular complexity index is 1250. The van der Waals surface area contributed by atoms with Crippen LogP contribution in [0.25, 0.3) is 0 Å². The zero-order valence-corrected chi connectivity index (χ0v) is 19.1. The van der Waals surface area contributed by atoms with Gasteiger partial charge < -0.3 is 0 Å². The third kappa shape index (κ3) is 5.40. The van der Waals surface area contributed by atoms with Crippen LogP contribution in [0.4, 0.5) is 5.69 Å². The molecular weight excluding hydrogens is 452 g/mol. The lowest BCUT2D eigenvalue weighted by molar-refractivity contribution is -0.387. The summed E-state index contributed by atoms with van der Waals surface area (Å²) in [5.74, 6) is 0. The van der Waals surface area contributed by atoms with E-state index in [-0.39, 0.29) is 23.5 Å². The molecule has 9 heteroatoms. The van der Waals surface area contributed by atoms with E-state index in [9.17, 15) is 23.3 Å². The van der Waals surface area contributed by atoms with Crippen LogP contribution in [0.2, 0.25) is 0 Å². The number of rotatable bonds is 8. The van der Waals surface area contributed by atoms with E-state index >= 15 is 0 Å². The highest BCUT2D eigenvalue weighted by atomic mass is 35.5. The number of para-hydroxylation sites is 1. The van der Waals surface area contributed by atoms with Crippen LogP contribution in [-0.2, 0) is 23.1 Å². The Morgan fingerprint density at radius 1 is 0.938 bits per heavy atom. The Morgan fingerprint density at radius 3 is 2.06 bits per heavy atom. The predicted octanol–water partition coefficient (Wildman–Crippen LogP) is 4.98. The van der Waals surface area contributed by atoms with Gasteiger partial charge in [-0.15, -0.1) is 0 Å². The van der Waals surface area contributed by atoms with Crippen molar-refractivity contribution in [3.8, 4) is 0 Å². The second-order valence-corrected chi connectivity index (χ2v) is 9.71. The van der Waals surface area contributed by atoms with Crippen LogP contribution >= 0.6 is 11.6 Å². The summed E-state index contributed by atoms with van der Waals surface area (Å²) in [6.45, 7) is 3.81. The first-order valence-corrected chi connectivity index (χ1v) is 11.5. The molecule has 3 aromatic rings. The van der Waals surface area contributed by atoms with Gasteiger partial charge in [0.1, 0.15) is 0 Å². The van der Waals surface area contributed by atoms with Gasteiger partial charge in [0.25, 0.3) is 21.0 Å². The molecule has 0 fully saturated rings. The van der Waals surface area contributed by atoms with Crippen LogP contribution in [-0.4, -0.2) is 22.9 Å². The maximum Gasteiger partial charge on any atom is 0.289 e. The van der Waals surface area contributed by atoms with E-state index in [1.165, 1.54) is 40.7 Å². The number of sulfonamides is 1. The summed E-state index contributed by atoms with van der Waals surface area (Å²) < 4.78 is 28.3. The molecule has 0 heterocycles. The molecule has 3 aromatic carbocycles. The maximum atomic E-state index is 13.6. The third-order valence-corrected chi connectivity index (χ3v) is 6.92. The normalized spacial score (nSPS) is 11.5. The minimum absolute atomic E-state index is 0.0209. The van der Waals surface area contributed by atoms with Crippen LogP contribution in [0.5, 0.6) is 0 Å². The SMILES string of the molecule is Cc1cc(C)cc(CN(Cc2ccc(C(=O)Cl)cc2)S(=O)(=O)c2ccccc2[N+](=O)[O-])c1. The van der Waals surface area contributed by atoms with E-state index in [2.05, 4.69) is 0 Å². The summed E-state index contributed by atoms with van der Waals surface area (Å²) in [4.78, 5) is 21.7. The number of nitro groups is 1. The highest BCUT2D eigenvalue weighted by Gasteiger charge is 2.31. The molecule has 0 aromatic heterocycles. The van der Waals surface area contributed by atoms with Crippen molar-refractivity contribution in [1.29, 1.82) is 0 Å². The highest BCUT2D eigenvalue weighted by molar-refractivity contribution is 7.89. The molecule has 0 aliphatic carbocycles. The first-order valence-electron chi connectivity index (χ1n) is 9.67. The van der Waals surface area contributed by atoms with Gasteiger partial charge in [0, 0.05) is 24.7 Å². The molecule has 3 rings (SSSR count). The summed E-state index contributed by atoms with van der Waals surface area (Å²) in [6, 6.07) is 17.3. The number of carbonyl (C=O) groups excluding carboxylic acids is 1. The maximum absolute atomic E-state index is 13.6. The van der Waals surface area contributed by atoms with Gasteiger partial charge in [0.05, 0.1) is 4.92 Å². The zero-order chi connectivity index (χ0) is 23.5. The number of benzene rings is 3. The minimum atomic E-state index is -4.23. The summed E-state index contributed by atoms with van der Waals surface area (Å²) in [5, 5.41) is 10.9. The standard InChI is InChI=1S/C23H21ClN2O5S/c1-16-11-17(2)13-19(12-16)15-25(14-18-7-9-20(10-8-18)23(24)27)32(30,31)22-6-4-3-5-21(22)26(28)29/h3-13H,14-15H2,1-2H3. The van der Waals surface area contributed by atoms with Crippen molar-refractivity contribution in [2.45, 2.75) is 31.8 Å². The summed E-state index contributed by atoms with van der Waals surface area (Å²) in [5.41, 5.74) is 3.13. The first kappa shape index (κ1) is 23.6. The monoisotopic (exact) mass is 472 g/mol. The van der Waals surface area contributed by atoms with Crippen molar-refractivity contribution in [3.05, 3.63) is 105 Å². The Hall–Kier alpha value is -3.07. The lowest BCUT2D eigenvalue weighted by Crippen LogP contribution is -2.31. The second kappa shape index (κ2) is 9.60. The molecule has 0 saturated carbocycles. The van der Waals surface area contributed by atoms with Crippen LogP contribution in [0.3, 0.4) is 0 Å². The lowest BCUT2D eigenvalue weighted by Gasteiger charge is -2.23. The minimum Gasteiger partial charge on any atom is -0.276 e. The number of aryl methyl sites for hydroxylation is 2. The van der Waals surface area contributed by atoms with E-state index < -0.39 is 25.9 Å². The van der Waals surface area contributed by atoms with E-state index in [1.807, 2.05) is 32.0 Å². The van der Waals surface area contributed by atoms with Gasteiger partial charge in [-0.25, -0.2) is 8.42 Å². The topological polar surface area (TPSA) is 97.6 Å². The van der Waals surface area contributed by atoms with Crippen molar-refractivity contribution in [2.24, 2.45) is 0 Å². The fourth-order valence-electron chi connectivity index (χ4n) is 3.50. The van der Waals surface area contributed by atoms with Crippen LogP contribution in [0.1, 0.15) is 32.6 Å². The molecule has 166 valence electrons. The quantitative estimate of drug-likeness (QED) is 0.261. The van der Waals surface area contributed by atoms with E-state index in [0.29, 0.717) is 5.56 Å². The first-order chi connectivity index (χ1) is 15.1. The highest BCUT2D eigenvalue weighted by Crippen LogP contribution is 2.29. The molecular formula is C23H21ClN2O5S. The average molecular weight is 473 g/mol. The Balaban J connectivity index is 2.06. The second-order valence-electron chi connectivity index (χ2n) is 7.46. The van der Waals surface area contributed by atoms with Gasteiger partial charge in [0.15, 0.2) is 4.90 Å². The summed E-state index contributed by atoms with van der Waals surface area (Å²) >= 11 is 5.49. The summed E-state index contributed by atoms with van der Waals surface area (Å²) in [6.07, 6.45) is 0. The van der Waals surface area contributed by atoms with Gasteiger partial charge >= 0.3 is 0 Å². The summed E-state index contributed by atoms with van der Waals surface area (Å²) in [7, 11) is -4.23. The van der Waals surface area contributed by atoms with Crippen LogP contribution in [0, 0.1) is 24.0 Å². The number of carbonyl (C=O) groups is 1. The lowest BCUT2D eigenvalue weighted by atomic mass is 10.1. The number of hydrogen-bond donors (Lipinski definition) is 0. The van der Waals surface area contributed by atoms with Gasteiger partial charge in [-0.2, -0.15) is 4.31 Å². The fraction of sp³-hybridized carbons (Fsp3) is 0.174. The van der Waals surface area contributed by atoms with Gasteiger partial charge in [-0.1, -0.05) is 53.6 Å². The fourth-order valence-corrected chi connectivity index (χ4v) is 5.20. The number of nitro benzene ring substituents is 1. The molecule has 0 unspecified atom stereocenters. The van der Waals surface area contributed by atoms with Crippen LogP contribution in [0.15, 0.2) is 71.6 Å².